The predicted octanol–water partition coefficient (Wildman–Crippen LogP) is 1.97. The minimum absolute atomic E-state index is 0.0691. The van der Waals surface area contributed by atoms with Crippen LogP contribution in [0.15, 0.2) is 6.20 Å². The van der Waals surface area contributed by atoms with Crippen molar-refractivity contribution in [2.24, 2.45) is 0 Å². The second-order valence-corrected chi connectivity index (χ2v) is 5.20. The third-order valence-electron chi connectivity index (χ3n) is 3.58. The molecule has 0 bridgehead atoms. The molecule has 1 aliphatic carbocycles. The van der Waals surface area contributed by atoms with Gasteiger partial charge in [0.1, 0.15) is 11.4 Å². The number of aromatic nitrogens is 2. The molecule has 0 saturated heterocycles. The predicted molar refractivity (Wildman–Crippen MR) is 70.2 cm³/mol. The van der Waals surface area contributed by atoms with Crippen LogP contribution >= 0.6 is 0 Å². The summed E-state index contributed by atoms with van der Waals surface area (Å²) >= 11 is 0. The molecule has 0 spiro atoms. The number of rotatable bonds is 3. The van der Waals surface area contributed by atoms with E-state index in [4.69, 9.17) is 5.73 Å². The monoisotopic (exact) mass is 289 g/mol. The maximum absolute atomic E-state index is 12.9. The lowest BCUT2D eigenvalue weighted by atomic mass is 10.1. The van der Waals surface area contributed by atoms with Gasteiger partial charge in [-0.1, -0.05) is 0 Å². The Bertz CT molecular complexity index is 475. The molecule has 2 atom stereocenters. The highest BCUT2D eigenvalue weighted by Crippen LogP contribution is 2.35. The summed E-state index contributed by atoms with van der Waals surface area (Å²) in [5.74, 6) is -0.399. The highest BCUT2D eigenvalue weighted by molar-refractivity contribution is 5.48. The van der Waals surface area contributed by atoms with Gasteiger partial charge in [-0.2, -0.15) is 18.2 Å². The van der Waals surface area contributed by atoms with Gasteiger partial charge in [-0.15, -0.1) is 0 Å². The number of likely N-dealkylation sites (N-methyl/N-ethyl adjacent to an activating group) is 1. The molecule has 1 aromatic rings. The summed E-state index contributed by atoms with van der Waals surface area (Å²) in [7, 11) is 3.84. The quantitative estimate of drug-likeness (QED) is 0.890. The van der Waals surface area contributed by atoms with Gasteiger partial charge in [0.2, 0.25) is 5.95 Å². The Morgan fingerprint density at radius 2 is 2.05 bits per heavy atom. The van der Waals surface area contributed by atoms with Gasteiger partial charge in [0.05, 0.1) is 0 Å². The zero-order valence-electron chi connectivity index (χ0n) is 11.4. The number of hydrogen-bond acceptors (Lipinski definition) is 5. The summed E-state index contributed by atoms with van der Waals surface area (Å²) in [5.41, 5.74) is 4.52. The molecule has 0 radical (unpaired) electrons. The van der Waals surface area contributed by atoms with E-state index in [1.807, 2.05) is 19.0 Å². The van der Waals surface area contributed by atoms with Crippen molar-refractivity contribution in [3.8, 4) is 0 Å². The Morgan fingerprint density at radius 1 is 1.35 bits per heavy atom. The molecule has 3 N–H and O–H groups in total. The third kappa shape index (κ3) is 3.12. The number of halogens is 3. The maximum Gasteiger partial charge on any atom is 0.421 e. The van der Waals surface area contributed by atoms with Gasteiger partial charge < -0.3 is 16.0 Å². The molecule has 112 valence electrons. The molecule has 0 aliphatic heterocycles. The molecule has 20 heavy (non-hydrogen) atoms. The van der Waals surface area contributed by atoms with E-state index in [9.17, 15) is 13.2 Å². The summed E-state index contributed by atoms with van der Waals surface area (Å²) in [6.07, 6.45) is -1.04. The lowest BCUT2D eigenvalue weighted by Gasteiger charge is -2.28. The number of nitrogens with zero attached hydrogens (tertiary/aromatic N) is 3. The topological polar surface area (TPSA) is 67.1 Å². The largest absolute Gasteiger partial charge is 0.421 e. The summed E-state index contributed by atoms with van der Waals surface area (Å²) in [6, 6.07) is 0.118. The van der Waals surface area contributed by atoms with Crippen molar-refractivity contribution in [3.05, 3.63) is 11.8 Å². The van der Waals surface area contributed by atoms with Crippen molar-refractivity contribution in [2.45, 2.75) is 37.5 Å². The highest BCUT2D eigenvalue weighted by atomic mass is 19.4. The smallest absolute Gasteiger partial charge is 0.368 e. The van der Waals surface area contributed by atoms with E-state index >= 15 is 0 Å². The van der Waals surface area contributed by atoms with Crippen molar-refractivity contribution in [3.63, 3.8) is 0 Å². The molecule has 0 unspecified atom stereocenters. The van der Waals surface area contributed by atoms with E-state index < -0.39 is 11.7 Å². The number of nitrogens with one attached hydrogen (secondary N) is 1. The zero-order valence-corrected chi connectivity index (χ0v) is 11.4. The van der Waals surface area contributed by atoms with E-state index in [0.29, 0.717) is 0 Å². The molecule has 2 rings (SSSR count). The average Bonchev–Trinajstić information content (AvgIpc) is 2.75. The van der Waals surface area contributed by atoms with Crippen LogP contribution in [0.2, 0.25) is 0 Å². The van der Waals surface area contributed by atoms with Crippen LogP contribution in [0.4, 0.5) is 24.9 Å². The lowest BCUT2D eigenvalue weighted by Crippen LogP contribution is -2.39. The highest BCUT2D eigenvalue weighted by Gasteiger charge is 2.37. The standard InChI is InChI=1S/C12H18F3N5/c1-20(2)9-5-3-4-8(9)18-10-7(12(13,14)15)6-17-11(16)19-10/h6,8-9H,3-5H2,1-2H3,(H3,16,17,18,19)/t8-,9-/m1/s1. The van der Waals surface area contributed by atoms with Crippen molar-refractivity contribution >= 4 is 11.8 Å². The molecule has 1 aliphatic rings. The van der Waals surface area contributed by atoms with Crippen LogP contribution in [0, 0.1) is 0 Å². The minimum atomic E-state index is -4.50. The molecule has 0 aromatic carbocycles. The lowest BCUT2D eigenvalue weighted by molar-refractivity contribution is -0.137. The van der Waals surface area contributed by atoms with E-state index in [1.165, 1.54) is 0 Å². The second-order valence-electron chi connectivity index (χ2n) is 5.20. The van der Waals surface area contributed by atoms with Gasteiger partial charge >= 0.3 is 6.18 Å². The van der Waals surface area contributed by atoms with Crippen molar-refractivity contribution in [2.75, 3.05) is 25.1 Å². The van der Waals surface area contributed by atoms with E-state index in [1.54, 1.807) is 0 Å². The normalized spacial score (nSPS) is 23.3. The average molecular weight is 289 g/mol. The van der Waals surface area contributed by atoms with Gasteiger partial charge in [0, 0.05) is 18.3 Å². The molecule has 0 amide bonds. The van der Waals surface area contributed by atoms with Gasteiger partial charge in [-0.05, 0) is 33.4 Å². The maximum atomic E-state index is 12.9. The van der Waals surface area contributed by atoms with Crippen molar-refractivity contribution in [1.82, 2.24) is 14.9 Å². The third-order valence-corrected chi connectivity index (χ3v) is 3.58. The summed E-state index contributed by atoms with van der Waals surface area (Å²) in [4.78, 5) is 9.16. The first-order valence-corrected chi connectivity index (χ1v) is 6.41. The number of alkyl halides is 3. The van der Waals surface area contributed by atoms with Crippen LogP contribution in [0.3, 0.4) is 0 Å². The molecule has 8 heteroatoms. The Morgan fingerprint density at radius 3 is 2.65 bits per heavy atom. The number of nitrogen functional groups attached to an aromatic ring is 1. The molecule has 1 aromatic heterocycles. The summed E-state index contributed by atoms with van der Waals surface area (Å²) < 4.78 is 38.8. The molecule has 5 nitrogen and oxygen atoms in total. The Kier molecular flexibility index (Phi) is 4.03. The fourth-order valence-electron chi connectivity index (χ4n) is 2.62. The SMILES string of the molecule is CN(C)[C@@H]1CCC[C@H]1Nc1nc(N)ncc1C(F)(F)F. The first-order chi connectivity index (χ1) is 9.29. The number of hydrogen-bond donors (Lipinski definition) is 2. The first-order valence-electron chi connectivity index (χ1n) is 6.41. The van der Waals surface area contributed by atoms with Gasteiger partial charge in [-0.3, -0.25) is 0 Å². The van der Waals surface area contributed by atoms with Crippen LogP contribution in [-0.2, 0) is 6.18 Å². The zero-order chi connectivity index (χ0) is 14.9. The number of anilines is 2. The molecule has 1 fully saturated rings. The van der Waals surface area contributed by atoms with Gasteiger partial charge in [0.15, 0.2) is 0 Å². The molecule has 1 saturated carbocycles. The van der Waals surface area contributed by atoms with E-state index in [2.05, 4.69) is 15.3 Å². The van der Waals surface area contributed by atoms with Crippen LogP contribution in [0.1, 0.15) is 24.8 Å². The Balaban J connectivity index is 2.26. The minimum Gasteiger partial charge on any atom is -0.368 e. The molecule has 1 heterocycles. The summed E-state index contributed by atoms with van der Waals surface area (Å²) in [6.45, 7) is 0. The first kappa shape index (κ1) is 14.8. The van der Waals surface area contributed by atoms with E-state index in [0.717, 1.165) is 25.5 Å². The van der Waals surface area contributed by atoms with Gasteiger partial charge in [0.25, 0.3) is 0 Å². The fourth-order valence-corrected chi connectivity index (χ4v) is 2.62. The van der Waals surface area contributed by atoms with Crippen molar-refractivity contribution in [1.29, 1.82) is 0 Å². The van der Waals surface area contributed by atoms with Gasteiger partial charge in [-0.25, -0.2) is 4.98 Å². The van der Waals surface area contributed by atoms with E-state index in [-0.39, 0.29) is 23.8 Å². The van der Waals surface area contributed by atoms with Crippen LogP contribution < -0.4 is 11.1 Å². The molecular weight excluding hydrogens is 271 g/mol. The fraction of sp³-hybridized carbons (Fsp3) is 0.667. The summed E-state index contributed by atoms with van der Waals surface area (Å²) in [5, 5.41) is 2.90. The number of nitrogens with two attached hydrogens (primary N) is 1. The van der Waals surface area contributed by atoms with Crippen LogP contribution in [0.25, 0.3) is 0 Å². The Hall–Kier alpha value is -1.57. The van der Waals surface area contributed by atoms with Crippen molar-refractivity contribution < 1.29 is 13.2 Å². The second kappa shape index (κ2) is 5.43. The van der Waals surface area contributed by atoms with Crippen LogP contribution in [0.5, 0.6) is 0 Å². The van der Waals surface area contributed by atoms with Crippen LogP contribution in [-0.4, -0.2) is 41.0 Å². The Labute approximate surface area is 115 Å². The molecular formula is C12H18F3N5.